The lowest BCUT2D eigenvalue weighted by atomic mass is 9.75. The zero-order valence-electron chi connectivity index (χ0n) is 12.8. The van der Waals surface area contributed by atoms with Gasteiger partial charge in [0.1, 0.15) is 5.15 Å². The molecule has 0 aliphatic heterocycles. The average Bonchev–Trinajstić information content (AvgIpc) is 2.56. The van der Waals surface area contributed by atoms with Crippen LogP contribution in [0, 0.1) is 12.3 Å². The highest BCUT2D eigenvalue weighted by Crippen LogP contribution is 2.37. The van der Waals surface area contributed by atoms with E-state index in [1.54, 1.807) is 4.68 Å². The van der Waals surface area contributed by atoms with Crippen LogP contribution in [-0.4, -0.2) is 27.8 Å². The minimum atomic E-state index is 0.527. The summed E-state index contributed by atoms with van der Waals surface area (Å²) in [5.41, 5.74) is 2.76. The molecule has 1 aliphatic rings. The largest absolute Gasteiger partial charge is 0.299 e. The SMILES string of the molecule is Cc1nn(C)c(Cl)c1CN(C)C1CCC(C)(C)CC1. The van der Waals surface area contributed by atoms with Crippen LogP contribution >= 0.6 is 11.6 Å². The van der Waals surface area contributed by atoms with Crippen molar-refractivity contribution in [3.05, 3.63) is 16.4 Å². The van der Waals surface area contributed by atoms with Gasteiger partial charge in [-0.05, 0) is 45.1 Å². The number of aryl methyl sites for hydroxylation is 2. The monoisotopic (exact) mass is 283 g/mol. The molecule has 0 radical (unpaired) electrons. The predicted molar refractivity (Wildman–Crippen MR) is 80.5 cm³/mol. The highest BCUT2D eigenvalue weighted by molar-refractivity contribution is 6.30. The van der Waals surface area contributed by atoms with Gasteiger partial charge >= 0.3 is 0 Å². The number of rotatable bonds is 3. The van der Waals surface area contributed by atoms with E-state index in [1.807, 2.05) is 14.0 Å². The summed E-state index contributed by atoms with van der Waals surface area (Å²) in [5, 5.41) is 5.17. The lowest BCUT2D eigenvalue weighted by molar-refractivity contribution is 0.123. The maximum atomic E-state index is 6.32. The molecule has 2 rings (SSSR count). The Kier molecular flexibility index (Phi) is 4.26. The molecule has 1 aromatic heterocycles. The molecular formula is C15H26ClN3. The van der Waals surface area contributed by atoms with Crippen molar-refractivity contribution in [3.63, 3.8) is 0 Å². The summed E-state index contributed by atoms with van der Waals surface area (Å²) >= 11 is 6.32. The van der Waals surface area contributed by atoms with Gasteiger partial charge in [-0.25, -0.2) is 0 Å². The average molecular weight is 284 g/mol. The Balaban J connectivity index is 2.00. The molecular weight excluding hydrogens is 258 g/mol. The van der Waals surface area contributed by atoms with E-state index in [0.717, 1.165) is 17.4 Å². The number of aromatic nitrogens is 2. The predicted octanol–water partition coefficient (Wildman–Crippen LogP) is 3.78. The van der Waals surface area contributed by atoms with Gasteiger partial charge in [0.05, 0.1) is 5.69 Å². The van der Waals surface area contributed by atoms with E-state index < -0.39 is 0 Å². The van der Waals surface area contributed by atoms with Crippen molar-refractivity contribution in [2.75, 3.05) is 7.05 Å². The summed E-state index contributed by atoms with van der Waals surface area (Å²) < 4.78 is 1.77. The summed E-state index contributed by atoms with van der Waals surface area (Å²) in [6.45, 7) is 7.71. The van der Waals surface area contributed by atoms with E-state index in [9.17, 15) is 0 Å². The van der Waals surface area contributed by atoms with Gasteiger partial charge < -0.3 is 0 Å². The topological polar surface area (TPSA) is 21.1 Å². The Bertz CT molecular complexity index is 440. The molecule has 0 atom stereocenters. The molecule has 4 heteroatoms. The van der Waals surface area contributed by atoms with E-state index >= 15 is 0 Å². The van der Waals surface area contributed by atoms with Crippen molar-refractivity contribution >= 4 is 11.6 Å². The molecule has 0 saturated heterocycles. The molecule has 1 fully saturated rings. The molecule has 0 bridgehead atoms. The van der Waals surface area contributed by atoms with Gasteiger partial charge in [-0.15, -0.1) is 0 Å². The van der Waals surface area contributed by atoms with Crippen LogP contribution in [0.5, 0.6) is 0 Å². The molecule has 1 aliphatic carbocycles. The van der Waals surface area contributed by atoms with Crippen LogP contribution in [0.25, 0.3) is 0 Å². The highest BCUT2D eigenvalue weighted by atomic mass is 35.5. The third-order valence-corrected chi connectivity index (χ3v) is 5.08. The zero-order chi connectivity index (χ0) is 14.2. The standard InChI is InChI=1S/C15H26ClN3/c1-11-13(14(16)19(5)17-11)10-18(4)12-6-8-15(2,3)9-7-12/h12H,6-10H2,1-5H3. The second kappa shape index (κ2) is 5.45. The Morgan fingerprint density at radius 3 is 2.42 bits per heavy atom. The first kappa shape index (κ1) is 14.9. The third kappa shape index (κ3) is 3.32. The van der Waals surface area contributed by atoms with Gasteiger partial charge in [-0.3, -0.25) is 9.58 Å². The molecule has 0 unspecified atom stereocenters. The summed E-state index contributed by atoms with van der Waals surface area (Å²) in [5.74, 6) is 0. The Hall–Kier alpha value is -0.540. The smallest absolute Gasteiger partial charge is 0.131 e. The highest BCUT2D eigenvalue weighted by Gasteiger charge is 2.29. The zero-order valence-corrected chi connectivity index (χ0v) is 13.6. The van der Waals surface area contributed by atoms with E-state index in [-0.39, 0.29) is 0 Å². The summed E-state index contributed by atoms with van der Waals surface area (Å²) in [7, 11) is 4.12. The molecule has 3 nitrogen and oxygen atoms in total. The normalized spacial score (nSPS) is 20.2. The van der Waals surface area contributed by atoms with Crippen LogP contribution in [0.1, 0.15) is 50.8 Å². The lowest BCUT2D eigenvalue weighted by Crippen LogP contribution is -2.36. The van der Waals surface area contributed by atoms with Crippen molar-refractivity contribution in [1.82, 2.24) is 14.7 Å². The fourth-order valence-corrected chi connectivity index (χ4v) is 3.29. The van der Waals surface area contributed by atoms with E-state index in [1.165, 1.54) is 31.2 Å². The van der Waals surface area contributed by atoms with Crippen molar-refractivity contribution in [2.24, 2.45) is 12.5 Å². The van der Waals surface area contributed by atoms with Gasteiger partial charge in [0.25, 0.3) is 0 Å². The van der Waals surface area contributed by atoms with Crippen LogP contribution in [0.15, 0.2) is 0 Å². The molecule has 1 heterocycles. The van der Waals surface area contributed by atoms with Crippen LogP contribution in [-0.2, 0) is 13.6 Å². The summed E-state index contributed by atoms with van der Waals surface area (Å²) in [6.07, 6.45) is 5.23. The Morgan fingerprint density at radius 1 is 1.37 bits per heavy atom. The maximum Gasteiger partial charge on any atom is 0.131 e. The van der Waals surface area contributed by atoms with Crippen molar-refractivity contribution in [3.8, 4) is 0 Å². The molecule has 0 amide bonds. The van der Waals surface area contributed by atoms with Crippen LogP contribution in [0.2, 0.25) is 5.15 Å². The Morgan fingerprint density at radius 2 is 1.95 bits per heavy atom. The first-order chi connectivity index (χ1) is 8.80. The molecule has 0 N–H and O–H groups in total. The quantitative estimate of drug-likeness (QED) is 0.842. The second-order valence-corrected chi connectivity index (χ2v) is 7.15. The van der Waals surface area contributed by atoms with Gasteiger partial charge in [0, 0.05) is 25.2 Å². The number of hydrogen-bond acceptors (Lipinski definition) is 2. The molecule has 0 spiro atoms. The first-order valence-electron chi connectivity index (χ1n) is 7.18. The summed E-state index contributed by atoms with van der Waals surface area (Å²) in [4.78, 5) is 2.45. The van der Waals surface area contributed by atoms with Gasteiger partial charge in [0.15, 0.2) is 0 Å². The van der Waals surface area contributed by atoms with Crippen molar-refractivity contribution in [1.29, 1.82) is 0 Å². The van der Waals surface area contributed by atoms with Gasteiger partial charge in [-0.2, -0.15) is 5.10 Å². The van der Waals surface area contributed by atoms with Crippen LogP contribution < -0.4 is 0 Å². The van der Waals surface area contributed by atoms with Crippen molar-refractivity contribution < 1.29 is 0 Å². The van der Waals surface area contributed by atoms with E-state index in [4.69, 9.17) is 11.6 Å². The third-order valence-electron chi connectivity index (χ3n) is 4.61. The van der Waals surface area contributed by atoms with Crippen molar-refractivity contribution in [2.45, 2.75) is 59.0 Å². The van der Waals surface area contributed by atoms with E-state index in [0.29, 0.717) is 11.5 Å². The minimum Gasteiger partial charge on any atom is -0.299 e. The fourth-order valence-electron chi connectivity index (χ4n) is 3.06. The fraction of sp³-hybridized carbons (Fsp3) is 0.800. The lowest BCUT2D eigenvalue weighted by Gasteiger charge is -2.38. The van der Waals surface area contributed by atoms with Gasteiger partial charge in [-0.1, -0.05) is 25.4 Å². The number of halogens is 1. The summed E-state index contributed by atoms with van der Waals surface area (Å²) in [6, 6.07) is 0.684. The number of nitrogens with zero attached hydrogens (tertiary/aromatic N) is 3. The maximum absolute atomic E-state index is 6.32. The minimum absolute atomic E-state index is 0.527. The second-order valence-electron chi connectivity index (χ2n) is 6.79. The molecule has 19 heavy (non-hydrogen) atoms. The van der Waals surface area contributed by atoms with Gasteiger partial charge in [0.2, 0.25) is 0 Å². The molecule has 1 saturated carbocycles. The van der Waals surface area contributed by atoms with Crippen LogP contribution in [0.4, 0.5) is 0 Å². The van der Waals surface area contributed by atoms with E-state index in [2.05, 4.69) is 30.9 Å². The van der Waals surface area contributed by atoms with Crippen LogP contribution in [0.3, 0.4) is 0 Å². The first-order valence-corrected chi connectivity index (χ1v) is 7.56. The molecule has 1 aromatic rings. The molecule has 108 valence electrons. The number of hydrogen-bond donors (Lipinski definition) is 0. The Labute approximate surface area is 121 Å². The molecule has 0 aromatic carbocycles.